The number of aliphatic hydroxyl groups is 1. The number of nitrogens with one attached hydrogen (secondary N) is 1. The Morgan fingerprint density at radius 1 is 1.16 bits per heavy atom. The maximum atomic E-state index is 10.00. The van der Waals surface area contributed by atoms with Gasteiger partial charge in [-0.3, -0.25) is 4.98 Å². The lowest BCUT2D eigenvalue weighted by molar-refractivity contribution is 0.111. The van der Waals surface area contributed by atoms with Crippen molar-refractivity contribution >= 4 is 16.6 Å². The first-order valence-electron chi connectivity index (χ1n) is 11.3. The van der Waals surface area contributed by atoms with E-state index in [1.54, 1.807) is 0 Å². The average Bonchev–Trinajstić information content (AvgIpc) is 3.10. The Labute approximate surface area is 183 Å². The third-order valence-corrected chi connectivity index (χ3v) is 7.18. The van der Waals surface area contributed by atoms with Gasteiger partial charge < -0.3 is 15.0 Å². The molecule has 5 rings (SSSR count). The summed E-state index contributed by atoms with van der Waals surface area (Å²) < 4.78 is 2.39. The van der Waals surface area contributed by atoms with Gasteiger partial charge in [-0.05, 0) is 82.6 Å². The van der Waals surface area contributed by atoms with Crippen molar-refractivity contribution in [3.63, 3.8) is 0 Å². The van der Waals surface area contributed by atoms with Gasteiger partial charge in [-0.15, -0.1) is 0 Å². The van der Waals surface area contributed by atoms with Crippen LogP contribution in [0.1, 0.15) is 68.7 Å². The van der Waals surface area contributed by atoms with Crippen LogP contribution in [0.4, 0.5) is 5.69 Å². The van der Waals surface area contributed by atoms with Crippen LogP contribution in [0.5, 0.6) is 0 Å². The van der Waals surface area contributed by atoms with E-state index in [9.17, 15) is 10.4 Å². The largest absolute Gasteiger partial charge is 0.393 e. The summed E-state index contributed by atoms with van der Waals surface area (Å²) in [6.45, 7) is 6.47. The Morgan fingerprint density at radius 2 is 1.94 bits per heavy atom. The third kappa shape index (κ3) is 3.49. The van der Waals surface area contributed by atoms with Crippen LogP contribution in [0, 0.1) is 18.3 Å². The molecule has 1 aliphatic heterocycles. The zero-order valence-corrected chi connectivity index (χ0v) is 18.6. The molecule has 0 radical (unpaired) electrons. The van der Waals surface area contributed by atoms with Crippen LogP contribution in [0.2, 0.25) is 0 Å². The molecule has 5 nitrogen and oxygen atoms in total. The molecular formula is C26H30N4O. The van der Waals surface area contributed by atoms with Crippen LogP contribution in [-0.2, 0) is 6.42 Å². The molecule has 3 aromatic rings. The van der Waals surface area contributed by atoms with Crippen LogP contribution in [0.25, 0.3) is 22.0 Å². The summed E-state index contributed by atoms with van der Waals surface area (Å²) >= 11 is 0. The summed E-state index contributed by atoms with van der Waals surface area (Å²) in [7, 11) is 0. The topological polar surface area (TPSA) is 73.9 Å². The predicted molar refractivity (Wildman–Crippen MR) is 124 cm³/mol. The summed E-state index contributed by atoms with van der Waals surface area (Å²) in [5.74, 6) is 0. The maximum absolute atomic E-state index is 10.00. The highest BCUT2D eigenvalue weighted by atomic mass is 16.3. The molecule has 0 spiro atoms. The highest BCUT2D eigenvalue weighted by Gasteiger charge is 2.28. The quantitative estimate of drug-likeness (QED) is 0.581. The number of nitrogens with zero attached hydrogens (tertiary/aromatic N) is 3. The van der Waals surface area contributed by atoms with Crippen molar-refractivity contribution in [2.45, 2.75) is 77.0 Å². The van der Waals surface area contributed by atoms with Gasteiger partial charge in [0.05, 0.1) is 29.6 Å². The summed E-state index contributed by atoms with van der Waals surface area (Å²) in [5.41, 5.74) is 7.71. The number of anilines is 1. The molecule has 0 amide bonds. The summed E-state index contributed by atoms with van der Waals surface area (Å²) in [4.78, 5) is 4.57. The molecule has 0 atom stereocenters. The van der Waals surface area contributed by atoms with E-state index in [2.05, 4.69) is 47.0 Å². The van der Waals surface area contributed by atoms with Gasteiger partial charge in [0, 0.05) is 46.0 Å². The molecule has 1 aliphatic carbocycles. The molecule has 1 aromatic carbocycles. The third-order valence-electron chi connectivity index (χ3n) is 7.18. The lowest BCUT2D eigenvalue weighted by Gasteiger charge is -2.34. The van der Waals surface area contributed by atoms with Gasteiger partial charge >= 0.3 is 0 Å². The van der Waals surface area contributed by atoms with Gasteiger partial charge in [-0.25, -0.2) is 0 Å². The van der Waals surface area contributed by atoms with Crippen LogP contribution in [-0.4, -0.2) is 26.3 Å². The normalized spacial score (nSPS) is 22.5. The van der Waals surface area contributed by atoms with Crippen molar-refractivity contribution < 1.29 is 5.11 Å². The number of aromatic nitrogens is 2. The van der Waals surface area contributed by atoms with Crippen molar-refractivity contribution in [1.82, 2.24) is 9.55 Å². The van der Waals surface area contributed by atoms with E-state index in [0.717, 1.165) is 71.9 Å². The van der Waals surface area contributed by atoms with Crippen LogP contribution in [0.3, 0.4) is 0 Å². The van der Waals surface area contributed by atoms with E-state index in [-0.39, 0.29) is 11.6 Å². The minimum absolute atomic E-state index is 0.0648. The van der Waals surface area contributed by atoms with Crippen molar-refractivity contribution in [3.05, 3.63) is 47.4 Å². The summed E-state index contributed by atoms with van der Waals surface area (Å²) in [5, 5.41) is 24.4. The Hall–Kier alpha value is -2.84. The molecule has 31 heavy (non-hydrogen) atoms. The Balaban J connectivity index is 1.70. The fourth-order valence-corrected chi connectivity index (χ4v) is 5.33. The minimum atomic E-state index is -0.177. The number of hydrogen-bond acceptors (Lipinski definition) is 4. The lowest BCUT2D eigenvalue weighted by Crippen LogP contribution is -2.35. The van der Waals surface area contributed by atoms with Gasteiger partial charge in [0.25, 0.3) is 0 Å². The predicted octanol–water partition coefficient (Wildman–Crippen LogP) is 5.50. The second-order valence-electron chi connectivity index (χ2n) is 9.93. The van der Waals surface area contributed by atoms with Crippen LogP contribution in [0.15, 0.2) is 30.7 Å². The number of hydrogen-bond donors (Lipinski definition) is 2. The molecule has 2 aromatic heterocycles. The van der Waals surface area contributed by atoms with Gasteiger partial charge in [-0.1, -0.05) is 0 Å². The number of nitriles is 1. The van der Waals surface area contributed by atoms with Crippen molar-refractivity contribution in [2.24, 2.45) is 0 Å². The lowest BCUT2D eigenvalue weighted by atomic mass is 9.86. The number of fused-ring (bicyclic) bond motifs is 2. The van der Waals surface area contributed by atoms with E-state index in [0.29, 0.717) is 6.04 Å². The molecule has 2 aliphatic rings. The zero-order chi connectivity index (χ0) is 21.8. The van der Waals surface area contributed by atoms with E-state index >= 15 is 0 Å². The number of aliphatic hydroxyl groups excluding tert-OH is 1. The SMILES string of the molecule is Cc1cc2c(cc1C#N)c(-c1cncc3c1CCC(C)(C)N3)cn2C1CCC(O)CC1. The number of benzene rings is 1. The molecule has 0 bridgehead atoms. The van der Waals surface area contributed by atoms with Gasteiger partial charge in [0.15, 0.2) is 0 Å². The second-order valence-corrected chi connectivity index (χ2v) is 9.93. The monoisotopic (exact) mass is 414 g/mol. The molecule has 0 saturated heterocycles. The van der Waals surface area contributed by atoms with E-state index < -0.39 is 0 Å². The highest BCUT2D eigenvalue weighted by Crippen LogP contribution is 2.42. The van der Waals surface area contributed by atoms with Crippen LogP contribution >= 0.6 is 0 Å². The molecule has 3 heterocycles. The molecular weight excluding hydrogens is 384 g/mol. The Bertz CT molecular complexity index is 1190. The number of rotatable bonds is 2. The summed E-state index contributed by atoms with van der Waals surface area (Å²) in [6.07, 6.45) is 11.7. The fraction of sp³-hybridized carbons (Fsp3) is 0.462. The first-order valence-corrected chi connectivity index (χ1v) is 11.3. The number of aryl methyl sites for hydroxylation is 1. The maximum Gasteiger partial charge on any atom is 0.0994 e. The first-order chi connectivity index (χ1) is 14.9. The van der Waals surface area contributed by atoms with Crippen molar-refractivity contribution in [1.29, 1.82) is 5.26 Å². The van der Waals surface area contributed by atoms with Gasteiger partial charge in [0.2, 0.25) is 0 Å². The average molecular weight is 415 g/mol. The molecule has 2 N–H and O–H groups in total. The molecule has 1 fully saturated rings. The molecule has 0 unspecified atom stereocenters. The minimum Gasteiger partial charge on any atom is -0.393 e. The second kappa shape index (κ2) is 7.39. The fourth-order valence-electron chi connectivity index (χ4n) is 5.33. The van der Waals surface area contributed by atoms with Crippen molar-refractivity contribution in [2.75, 3.05) is 5.32 Å². The Kier molecular flexibility index (Phi) is 4.79. The van der Waals surface area contributed by atoms with Gasteiger partial charge in [0.1, 0.15) is 0 Å². The van der Waals surface area contributed by atoms with Crippen molar-refractivity contribution in [3.8, 4) is 17.2 Å². The highest BCUT2D eigenvalue weighted by molar-refractivity contribution is 5.99. The number of pyridine rings is 1. The molecule has 1 saturated carbocycles. The van der Waals surface area contributed by atoms with Crippen LogP contribution < -0.4 is 5.32 Å². The summed E-state index contributed by atoms with van der Waals surface area (Å²) in [6, 6.07) is 6.94. The van der Waals surface area contributed by atoms with E-state index in [1.165, 1.54) is 11.1 Å². The van der Waals surface area contributed by atoms with E-state index in [4.69, 9.17) is 0 Å². The first kappa shape index (κ1) is 20.1. The molecule has 160 valence electrons. The van der Waals surface area contributed by atoms with Gasteiger partial charge in [-0.2, -0.15) is 5.26 Å². The zero-order valence-electron chi connectivity index (χ0n) is 18.6. The standard InChI is InChI=1S/C26H30N4O/c1-16-10-25-21(11-17(16)12-27)23(15-30(25)18-4-6-19(31)7-5-18)22-13-28-14-24-20(22)8-9-26(2,3)29-24/h10-11,13-15,18-19,29,31H,4-9H2,1-3H3. The Morgan fingerprint density at radius 3 is 2.68 bits per heavy atom. The van der Waals surface area contributed by atoms with E-state index in [1.807, 2.05) is 25.4 Å². The smallest absolute Gasteiger partial charge is 0.0994 e. The molecule has 5 heteroatoms.